The molecule has 1 rings (SSSR count). The first-order valence-electron chi connectivity index (χ1n) is 7.43. The number of esters is 1. The lowest BCUT2D eigenvalue weighted by atomic mass is 10.2. The first kappa shape index (κ1) is 17.8. The van der Waals surface area contributed by atoms with Gasteiger partial charge in [-0.25, -0.2) is 4.79 Å². The topological polar surface area (TPSA) is 81.9 Å². The van der Waals surface area contributed by atoms with Crippen molar-refractivity contribution in [2.75, 3.05) is 32.5 Å². The standard InChI is InChI=1S/C16H24N2O4/c1-4-6-9-18(3)15(19)11-22-14-10-12(7-8-13(14)17)16(20)21-5-2/h7-8,10H,4-6,9,11,17H2,1-3H3. The zero-order valence-corrected chi connectivity index (χ0v) is 13.4. The number of nitrogens with two attached hydrogens (primary N) is 1. The number of nitrogens with zero attached hydrogens (tertiary/aromatic N) is 1. The molecule has 0 aliphatic heterocycles. The van der Waals surface area contributed by atoms with Gasteiger partial charge in [0.15, 0.2) is 6.61 Å². The second-order valence-electron chi connectivity index (χ2n) is 4.93. The second kappa shape index (κ2) is 8.92. The lowest BCUT2D eigenvalue weighted by Crippen LogP contribution is -2.32. The molecule has 0 bridgehead atoms. The smallest absolute Gasteiger partial charge is 0.338 e. The van der Waals surface area contributed by atoms with Gasteiger partial charge in [0.05, 0.1) is 17.9 Å². The van der Waals surface area contributed by atoms with Crippen LogP contribution in [-0.2, 0) is 9.53 Å². The predicted molar refractivity (Wildman–Crippen MR) is 84.9 cm³/mol. The maximum atomic E-state index is 11.9. The fraction of sp³-hybridized carbons (Fsp3) is 0.500. The first-order valence-corrected chi connectivity index (χ1v) is 7.43. The number of likely N-dealkylation sites (N-methyl/N-ethyl adjacent to an activating group) is 1. The summed E-state index contributed by atoms with van der Waals surface area (Å²) < 4.78 is 10.4. The molecule has 6 heteroatoms. The van der Waals surface area contributed by atoms with Gasteiger partial charge in [-0.3, -0.25) is 4.79 Å². The number of ether oxygens (including phenoxy) is 2. The minimum absolute atomic E-state index is 0.114. The van der Waals surface area contributed by atoms with Crippen LogP contribution in [0.2, 0.25) is 0 Å². The third kappa shape index (κ3) is 5.27. The van der Waals surface area contributed by atoms with Crippen molar-refractivity contribution < 1.29 is 19.1 Å². The second-order valence-corrected chi connectivity index (χ2v) is 4.93. The molecule has 0 radical (unpaired) electrons. The molecule has 122 valence electrons. The van der Waals surface area contributed by atoms with Gasteiger partial charge in [-0.2, -0.15) is 0 Å². The van der Waals surface area contributed by atoms with Crippen molar-refractivity contribution >= 4 is 17.6 Å². The molecule has 0 heterocycles. The largest absolute Gasteiger partial charge is 0.482 e. The Balaban J connectivity index is 2.67. The number of rotatable bonds is 8. The van der Waals surface area contributed by atoms with Crippen molar-refractivity contribution in [3.05, 3.63) is 23.8 Å². The van der Waals surface area contributed by atoms with E-state index in [0.29, 0.717) is 30.2 Å². The molecule has 6 nitrogen and oxygen atoms in total. The molecular weight excluding hydrogens is 284 g/mol. The Morgan fingerprint density at radius 1 is 1.27 bits per heavy atom. The summed E-state index contributed by atoms with van der Waals surface area (Å²) in [6.07, 6.45) is 1.97. The summed E-state index contributed by atoms with van der Waals surface area (Å²) in [6, 6.07) is 4.62. The molecule has 1 amide bonds. The third-order valence-electron chi connectivity index (χ3n) is 3.15. The lowest BCUT2D eigenvalue weighted by Gasteiger charge is -2.17. The van der Waals surface area contributed by atoms with Crippen LogP contribution in [0.5, 0.6) is 5.75 Å². The molecular formula is C16H24N2O4. The van der Waals surface area contributed by atoms with E-state index in [-0.39, 0.29) is 12.5 Å². The van der Waals surface area contributed by atoms with Crippen molar-refractivity contribution in [1.29, 1.82) is 0 Å². The maximum Gasteiger partial charge on any atom is 0.338 e. The van der Waals surface area contributed by atoms with E-state index in [0.717, 1.165) is 12.8 Å². The van der Waals surface area contributed by atoms with Crippen LogP contribution in [0.25, 0.3) is 0 Å². The maximum absolute atomic E-state index is 11.9. The van der Waals surface area contributed by atoms with Gasteiger partial charge in [-0.15, -0.1) is 0 Å². The summed E-state index contributed by atoms with van der Waals surface area (Å²) in [5.74, 6) is -0.268. The fourth-order valence-electron chi connectivity index (χ4n) is 1.77. The van der Waals surface area contributed by atoms with Crippen LogP contribution < -0.4 is 10.5 Å². The highest BCUT2D eigenvalue weighted by Gasteiger charge is 2.13. The number of nitrogen functional groups attached to an aromatic ring is 1. The monoisotopic (exact) mass is 308 g/mol. The van der Waals surface area contributed by atoms with Crippen molar-refractivity contribution in [1.82, 2.24) is 4.90 Å². The van der Waals surface area contributed by atoms with Crippen molar-refractivity contribution in [3.63, 3.8) is 0 Å². The lowest BCUT2D eigenvalue weighted by molar-refractivity contribution is -0.132. The molecule has 0 unspecified atom stereocenters. The van der Waals surface area contributed by atoms with Gasteiger partial charge < -0.3 is 20.1 Å². The van der Waals surface area contributed by atoms with E-state index in [2.05, 4.69) is 6.92 Å². The van der Waals surface area contributed by atoms with Crippen LogP contribution in [0, 0.1) is 0 Å². The molecule has 0 saturated carbocycles. The zero-order valence-electron chi connectivity index (χ0n) is 13.4. The van der Waals surface area contributed by atoms with E-state index in [9.17, 15) is 9.59 Å². The number of amides is 1. The van der Waals surface area contributed by atoms with Crippen molar-refractivity contribution in [2.45, 2.75) is 26.7 Å². The van der Waals surface area contributed by atoms with Gasteiger partial charge in [0, 0.05) is 13.6 Å². The van der Waals surface area contributed by atoms with E-state index in [4.69, 9.17) is 15.2 Å². The normalized spacial score (nSPS) is 10.1. The molecule has 1 aromatic carbocycles. The molecule has 0 saturated heterocycles. The summed E-state index contributed by atoms with van der Waals surface area (Å²) in [5.41, 5.74) is 6.52. The van der Waals surface area contributed by atoms with Gasteiger partial charge in [0.2, 0.25) is 0 Å². The molecule has 0 atom stereocenters. The minimum Gasteiger partial charge on any atom is -0.482 e. The number of unbranched alkanes of at least 4 members (excludes halogenated alkanes) is 1. The highest BCUT2D eigenvalue weighted by molar-refractivity contribution is 5.90. The Kier molecular flexibility index (Phi) is 7.22. The molecule has 0 fully saturated rings. The van der Waals surface area contributed by atoms with E-state index >= 15 is 0 Å². The average molecular weight is 308 g/mol. The highest BCUT2D eigenvalue weighted by atomic mass is 16.5. The average Bonchev–Trinajstić information content (AvgIpc) is 2.51. The summed E-state index contributed by atoms with van der Waals surface area (Å²) in [5, 5.41) is 0. The third-order valence-corrected chi connectivity index (χ3v) is 3.15. The molecule has 0 aromatic heterocycles. The van der Waals surface area contributed by atoms with Crippen LogP contribution in [0.15, 0.2) is 18.2 Å². The molecule has 0 aliphatic carbocycles. The Morgan fingerprint density at radius 2 is 2.00 bits per heavy atom. The number of carbonyl (C=O) groups is 2. The SMILES string of the molecule is CCCCN(C)C(=O)COc1cc(C(=O)OCC)ccc1N. The highest BCUT2D eigenvalue weighted by Crippen LogP contribution is 2.23. The Morgan fingerprint density at radius 3 is 2.64 bits per heavy atom. The van der Waals surface area contributed by atoms with Crippen LogP contribution in [0.3, 0.4) is 0 Å². The van der Waals surface area contributed by atoms with Crippen LogP contribution >= 0.6 is 0 Å². The summed E-state index contributed by atoms with van der Waals surface area (Å²) in [6.45, 7) is 4.67. The van der Waals surface area contributed by atoms with E-state index in [1.54, 1.807) is 31.0 Å². The minimum atomic E-state index is -0.446. The van der Waals surface area contributed by atoms with Crippen LogP contribution in [0.1, 0.15) is 37.0 Å². The first-order chi connectivity index (χ1) is 10.5. The van der Waals surface area contributed by atoms with Crippen LogP contribution in [0.4, 0.5) is 5.69 Å². The molecule has 1 aromatic rings. The fourth-order valence-corrected chi connectivity index (χ4v) is 1.77. The Bertz CT molecular complexity index is 517. The quantitative estimate of drug-likeness (QED) is 0.587. The Labute approximate surface area is 131 Å². The Hall–Kier alpha value is -2.24. The number of hydrogen-bond acceptors (Lipinski definition) is 5. The van der Waals surface area contributed by atoms with Crippen molar-refractivity contribution in [2.24, 2.45) is 0 Å². The summed E-state index contributed by atoms with van der Waals surface area (Å²) in [7, 11) is 1.74. The van der Waals surface area contributed by atoms with Gasteiger partial charge in [-0.1, -0.05) is 13.3 Å². The van der Waals surface area contributed by atoms with E-state index in [1.165, 1.54) is 6.07 Å². The summed E-state index contributed by atoms with van der Waals surface area (Å²) in [4.78, 5) is 25.2. The zero-order chi connectivity index (χ0) is 16.5. The number of anilines is 1. The van der Waals surface area contributed by atoms with Crippen LogP contribution in [-0.4, -0.2) is 43.6 Å². The summed E-state index contributed by atoms with van der Waals surface area (Å²) >= 11 is 0. The molecule has 0 spiro atoms. The molecule has 0 aliphatic rings. The van der Waals surface area contributed by atoms with E-state index in [1.807, 2.05) is 0 Å². The van der Waals surface area contributed by atoms with E-state index < -0.39 is 5.97 Å². The van der Waals surface area contributed by atoms with Gasteiger partial charge in [0.25, 0.3) is 5.91 Å². The molecule has 2 N–H and O–H groups in total. The van der Waals surface area contributed by atoms with Crippen molar-refractivity contribution in [3.8, 4) is 5.75 Å². The number of benzene rings is 1. The van der Waals surface area contributed by atoms with Gasteiger partial charge in [0.1, 0.15) is 5.75 Å². The number of carbonyl (C=O) groups excluding carboxylic acids is 2. The predicted octanol–water partition coefficient (Wildman–Crippen LogP) is 2.08. The van der Waals surface area contributed by atoms with Gasteiger partial charge >= 0.3 is 5.97 Å². The van der Waals surface area contributed by atoms with Gasteiger partial charge in [-0.05, 0) is 31.5 Å². The molecule has 22 heavy (non-hydrogen) atoms. The number of hydrogen-bond donors (Lipinski definition) is 1.